The molecule has 0 saturated heterocycles. The zero-order valence-corrected chi connectivity index (χ0v) is 11.7. The Morgan fingerprint density at radius 1 is 0.650 bits per heavy atom. The number of halogens is 2. The molecule has 0 heterocycles. The number of aliphatic imine (C=N–C) groups is 2. The van der Waals surface area contributed by atoms with E-state index >= 15 is 0 Å². The van der Waals surface area contributed by atoms with Crippen molar-refractivity contribution in [1.82, 2.24) is 0 Å². The van der Waals surface area contributed by atoms with E-state index in [-0.39, 0.29) is 21.8 Å². The van der Waals surface area contributed by atoms with Crippen molar-refractivity contribution in [3.63, 3.8) is 0 Å². The summed E-state index contributed by atoms with van der Waals surface area (Å²) in [6.45, 7) is 0. The molecule has 2 N–H and O–H groups in total. The van der Waals surface area contributed by atoms with Gasteiger partial charge in [-0.3, -0.25) is 0 Å². The van der Waals surface area contributed by atoms with Gasteiger partial charge in [-0.05, 0) is 48.5 Å². The Hall–Kier alpha value is -2.04. The van der Waals surface area contributed by atoms with Gasteiger partial charge in [-0.1, -0.05) is 23.2 Å². The number of hydrogen-bond donors (Lipinski definition) is 2. The SMILES string of the molecule is Oc1ccc(N=C(Cl)C(Cl)=Nc2ccc(O)cc2)cc1. The fraction of sp³-hybridized carbons (Fsp3) is 0. The molecule has 0 atom stereocenters. The van der Waals surface area contributed by atoms with Gasteiger partial charge in [-0.2, -0.15) is 0 Å². The summed E-state index contributed by atoms with van der Waals surface area (Å²) in [5.41, 5.74) is 1.10. The molecule has 0 spiro atoms. The van der Waals surface area contributed by atoms with E-state index in [1.54, 1.807) is 24.3 Å². The minimum absolute atomic E-state index is 0.0328. The zero-order valence-electron chi connectivity index (χ0n) is 10.2. The van der Waals surface area contributed by atoms with E-state index in [2.05, 4.69) is 9.98 Å². The molecule has 0 aliphatic rings. The summed E-state index contributed by atoms with van der Waals surface area (Å²) in [5, 5.41) is 18.4. The second kappa shape index (κ2) is 6.41. The number of benzene rings is 2. The minimum Gasteiger partial charge on any atom is -0.508 e. The van der Waals surface area contributed by atoms with Crippen LogP contribution >= 0.6 is 23.2 Å². The van der Waals surface area contributed by atoms with E-state index in [0.717, 1.165) is 0 Å². The first-order valence-electron chi connectivity index (χ1n) is 5.61. The molecule has 2 aromatic rings. The van der Waals surface area contributed by atoms with Crippen LogP contribution in [0.5, 0.6) is 11.5 Å². The number of phenolic OH excluding ortho intramolecular Hbond substituents is 2. The van der Waals surface area contributed by atoms with Gasteiger partial charge in [-0.15, -0.1) is 0 Å². The van der Waals surface area contributed by atoms with Gasteiger partial charge in [0.2, 0.25) is 0 Å². The Morgan fingerprint density at radius 3 is 1.25 bits per heavy atom. The molecule has 6 heteroatoms. The maximum absolute atomic E-state index is 9.17. The van der Waals surface area contributed by atoms with Gasteiger partial charge >= 0.3 is 0 Å². The standard InChI is InChI=1S/C14H10Cl2N2O2/c15-13(17-9-1-5-11(19)6-2-9)14(16)18-10-3-7-12(20)8-4-10/h1-8,19-20H. The summed E-state index contributed by atoms with van der Waals surface area (Å²) in [6, 6.07) is 12.4. The highest BCUT2D eigenvalue weighted by molar-refractivity contribution is 7.00. The predicted molar refractivity (Wildman–Crippen MR) is 82.1 cm³/mol. The van der Waals surface area contributed by atoms with Crippen LogP contribution in [0, 0.1) is 0 Å². The molecular formula is C14H10Cl2N2O2. The first kappa shape index (κ1) is 14.4. The van der Waals surface area contributed by atoms with E-state index in [9.17, 15) is 0 Å². The third-order valence-electron chi connectivity index (χ3n) is 2.32. The minimum atomic E-state index is 0.0328. The van der Waals surface area contributed by atoms with E-state index in [1.807, 2.05) is 0 Å². The van der Waals surface area contributed by atoms with Crippen molar-refractivity contribution >= 4 is 44.9 Å². The molecule has 0 aliphatic carbocycles. The summed E-state index contributed by atoms with van der Waals surface area (Å²) in [4.78, 5) is 8.15. The van der Waals surface area contributed by atoms with Gasteiger partial charge in [0.05, 0.1) is 11.4 Å². The van der Waals surface area contributed by atoms with Crippen molar-refractivity contribution in [3.8, 4) is 11.5 Å². The van der Waals surface area contributed by atoms with E-state index in [0.29, 0.717) is 11.4 Å². The van der Waals surface area contributed by atoms with Gasteiger partial charge < -0.3 is 10.2 Å². The van der Waals surface area contributed by atoms with Crippen LogP contribution in [0.1, 0.15) is 0 Å². The Kier molecular flexibility index (Phi) is 4.61. The largest absolute Gasteiger partial charge is 0.508 e. The molecule has 20 heavy (non-hydrogen) atoms. The zero-order chi connectivity index (χ0) is 14.5. The first-order valence-corrected chi connectivity index (χ1v) is 6.37. The summed E-state index contributed by atoms with van der Waals surface area (Å²) in [7, 11) is 0. The number of rotatable bonds is 3. The maximum Gasteiger partial charge on any atom is 0.166 e. The lowest BCUT2D eigenvalue weighted by Gasteiger charge is -1.99. The van der Waals surface area contributed by atoms with Crippen LogP contribution in [0.3, 0.4) is 0 Å². The van der Waals surface area contributed by atoms with Crippen molar-refractivity contribution < 1.29 is 10.2 Å². The Bertz CT molecular complexity index is 590. The highest BCUT2D eigenvalue weighted by Crippen LogP contribution is 2.20. The molecule has 0 saturated carbocycles. The highest BCUT2D eigenvalue weighted by atomic mass is 35.5. The molecule has 0 amide bonds. The first-order chi connectivity index (χ1) is 9.54. The fourth-order valence-electron chi connectivity index (χ4n) is 1.37. The molecule has 0 radical (unpaired) electrons. The molecule has 102 valence electrons. The predicted octanol–water partition coefficient (Wildman–Crippen LogP) is 4.34. The van der Waals surface area contributed by atoms with Crippen LogP contribution in [0.2, 0.25) is 0 Å². The average Bonchev–Trinajstić information content (AvgIpc) is 2.44. The number of hydrogen-bond acceptors (Lipinski definition) is 4. The Balaban J connectivity index is 2.21. The lowest BCUT2D eigenvalue weighted by atomic mass is 10.3. The number of phenols is 2. The molecular weight excluding hydrogens is 299 g/mol. The van der Waals surface area contributed by atoms with Gasteiger partial charge in [0.25, 0.3) is 0 Å². The van der Waals surface area contributed by atoms with Gasteiger partial charge in [0, 0.05) is 0 Å². The third kappa shape index (κ3) is 3.98. The lowest BCUT2D eigenvalue weighted by Crippen LogP contribution is -1.97. The smallest absolute Gasteiger partial charge is 0.166 e. The molecule has 4 nitrogen and oxygen atoms in total. The molecule has 2 aromatic carbocycles. The van der Waals surface area contributed by atoms with Gasteiger partial charge in [-0.25, -0.2) is 9.98 Å². The van der Waals surface area contributed by atoms with Crippen molar-refractivity contribution in [2.45, 2.75) is 0 Å². The van der Waals surface area contributed by atoms with Crippen LogP contribution in [0.4, 0.5) is 11.4 Å². The normalized spacial score (nSPS) is 12.5. The number of aromatic hydroxyl groups is 2. The van der Waals surface area contributed by atoms with Crippen molar-refractivity contribution in [1.29, 1.82) is 0 Å². The monoisotopic (exact) mass is 308 g/mol. The molecule has 0 aromatic heterocycles. The second-order valence-electron chi connectivity index (χ2n) is 3.84. The third-order valence-corrected chi connectivity index (χ3v) is 2.95. The van der Waals surface area contributed by atoms with Crippen LogP contribution in [0.25, 0.3) is 0 Å². The van der Waals surface area contributed by atoms with E-state index < -0.39 is 0 Å². The molecule has 0 bridgehead atoms. The van der Waals surface area contributed by atoms with E-state index in [4.69, 9.17) is 33.4 Å². The summed E-state index contributed by atoms with van der Waals surface area (Å²) in [6.07, 6.45) is 0. The fourth-order valence-corrected chi connectivity index (χ4v) is 1.65. The quantitative estimate of drug-likeness (QED) is 0.828. The summed E-state index contributed by atoms with van der Waals surface area (Å²) in [5.74, 6) is 0.285. The topological polar surface area (TPSA) is 65.2 Å². The van der Waals surface area contributed by atoms with Crippen molar-refractivity contribution in [2.75, 3.05) is 0 Å². The van der Waals surface area contributed by atoms with E-state index in [1.165, 1.54) is 24.3 Å². The number of nitrogens with zero attached hydrogens (tertiary/aromatic N) is 2. The average molecular weight is 309 g/mol. The van der Waals surface area contributed by atoms with Crippen LogP contribution in [-0.2, 0) is 0 Å². The van der Waals surface area contributed by atoms with Crippen LogP contribution in [-0.4, -0.2) is 20.6 Å². The van der Waals surface area contributed by atoms with Crippen molar-refractivity contribution in [3.05, 3.63) is 48.5 Å². The molecule has 0 unspecified atom stereocenters. The summed E-state index contributed by atoms with van der Waals surface area (Å²) >= 11 is 11.9. The maximum atomic E-state index is 9.17. The van der Waals surface area contributed by atoms with Crippen molar-refractivity contribution in [2.24, 2.45) is 9.98 Å². The Morgan fingerprint density at radius 2 is 0.950 bits per heavy atom. The van der Waals surface area contributed by atoms with Crippen LogP contribution < -0.4 is 0 Å². The second-order valence-corrected chi connectivity index (χ2v) is 4.55. The molecule has 0 aliphatic heterocycles. The summed E-state index contributed by atoms with van der Waals surface area (Å²) < 4.78 is 0. The highest BCUT2D eigenvalue weighted by Gasteiger charge is 2.04. The van der Waals surface area contributed by atoms with Crippen LogP contribution in [0.15, 0.2) is 58.5 Å². The lowest BCUT2D eigenvalue weighted by molar-refractivity contribution is 0.475. The Labute approximate surface area is 125 Å². The molecule has 0 fully saturated rings. The van der Waals surface area contributed by atoms with Gasteiger partial charge in [0.1, 0.15) is 11.5 Å². The molecule has 2 rings (SSSR count). The van der Waals surface area contributed by atoms with Gasteiger partial charge in [0.15, 0.2) is 10.3 Å².